The topological polar surface area (TPSA) is 138 Å². The Hall–Kier alpha value is -4.30. The number of rotatable bonds is 6. The molecule has 42 heavy (non-hydrogen) atoms. The van der Waals surface area contributed by atoms with E-state index in [0.29, 0.717) is 36.7 Å². The van der Waals surface area contributed by atoms with Gasteiger partial charge in [-0.1, -0.05) is 12.1 Å². The molecule has 4 atom stereocenters. The van der Waals surface area contributed by atoms with Crippen LogP contribution in [0.1, 0.15) is 37.8 Å². The van der Waals surface area contributed by atoms with Crippen molar-refractivity contribution < 1.29 is 27.5 Å². The smallest absolute Gasteiger partial charge is 0.385 e. The first-order valence-corrected chi connectivity index (χ1v) is 13.4. The number of aromatic nitrogens is 1. The Morgan fingerprint density at radius 2 is 1.79 bits per heavy atom. The maximum absolute atomic E-state index is 13.1. The van der Waals surface area contributed by atoms with Gasteiger partial charge in [-0.3, -0.25) is 20.0 Å². The third-order valence-electron chi connectivity index (χ3n) is 7.27. The van der Waals surface area contributed by atoms with Crippen molar-refractivity contribution in [2.45, 2.75) is 51.1 Å². The number of carbonyl (C=O) groups excluding carboxylic acids is 2. The fourth-order valence-electron chi connectivity index (χ4n) is 5.71. The second kappa shape index (κ2) is 11.5. The maximum atomic E-state index is 13.1. The third-order valence-corrected chi connectivity index (χ3v) is 7.27. The number of anilines is 2. The number of nitrogens with one attached hydrogen (secondary N) is 2. The van der Waals surface area contributed by atoms with Crippen LogP contribution in [0.15, 0.2) is 64.0 Å². The highest BCUT2D eigenvalue weighted by molar-refractivity contribution is 6.02. The van der Waals surface area contributed by atoms with Gasteiger partial charge in [-0.15, -0.1) is 0 Å². The predicted octanol–water partition coefficient (Wildman–Crippen LogP) is 3.78. The fraction of sp³-hybridized carbons (Fsp3) is 0.393. The highest BCUT2D eigenvalue weighted by Crippen LogP contribution is 2.43. The molecule has 5 rings (SSSR count). The molecule has 1 saturated heterocycles. The molecule has 3 aliphatic heterocycles. The summed E-state index contributed by atoms with van der Waals surface area (Å²) >= 11 is 0. The van der Waals surface area contributed by atoms with E-state index < -0.39 is 29.7 Å². The summed E-state index contributed by atoms with van der Waals surface area (Å²) in [6.45, 7) is 7.43. The Morgan fingerprint density at radius 3 is 2.43 bits per heavy atom. The van der Waals surface area contributed by atoms with Crippen molar-refractivity contribution in [1.82, 2.24) is 14.9 Å². The molecule has 4 heterocycles. The SMILES string of the molecule is CC(=O)C1=C(CN2CC(C)OC(C)C2)N2N=CN=C(N)C2C1c1ccc(NC(=O)Nc2cc(C(F)(F)F)ccn2)cc1. The van der Waals surface area contributed by atoms with E-state index in [9.17, 15) is 22.8 Å². The summed E-state index contributed by atoms with van der Waals surface area (Å²) in [5, 5.41) is 11.2. The minimum absolute atomic E-state index is 0.0428. The lowest BCUT2D eigenvalue weighted by Crippen LogP contribution is -2.48. The summed E-state index contributed by atoms with van der Waals surface area (Å²) in [4.78, 5) is 35.8. The number of ether oxygens (including phenoxy) is 1. The first-order valence-electron chi connectivity index (χ1n) is 13.4. The normalized spacial score (nSPS) is 24.3. The van der Waals surface area contributed by atoms with E-state index in [0.717, 1.165) is 29.6 Å². The van der Waals surface area contributed by atoms with Gasteiger partial charge in [0.1, 0.15) is 24.0 Å². The highest BCUT2D eigenvalue weighted by Gasteiger charge is 2.47. The molecular formula is C28H31F3N8O3. The molecule has 2 amide bonds. The number of hydrazone groups is 1. The number of amides is 2. The minimum Gasteiger partial charge on any atom is -0.385 e. The van der Waals surface area contributed by atoms with E-state index in [4.69, 9.17) is 10.5 Å². The molecule has 1 aromatic carbocycles. The van der Waals surface area contributed by atoms with Gasteiger partial charge in [0.05, 0.1) is 23.5 Å². The summed E-state index contributed by atoms with van der Waals surface area (Å²) in [7, 11) is 0. The van der Waals surface area contributed by atoms with E-state index in [1.165, 1.54) is 13.3 Å². The summed E-state index contributed by atoms with van der Waals surface area (Å²) < 4.78 is 44.8. The number of nitrogens with zero attached hydrogens (tertiary/aromatic N) is 5. The number of amidine groups is 1. The molecule has 222 valence electrons. The molecule has 0 radical (unpaired) electrons. The molecule has 14 heteroatoms. The number of urea groups is 1. The van der Waals surface area contributed by atoms with Gasteiger partial charge in [0, 0.05) is 43.0 Å². The molecular weight excluding hydrogens is 553 g/mol. The summed E-state index contributed by atoms with van der Waals surface area (Å²) in [6.07, 6.45) is -2.13. The lowest BCUT2D eigenvalue weighted by molar-refractivity contribution is -0.137. The molecule has 11 nitrogen and oxygen atoms in total. The van der Waals surface area contributed by atoms with Crippen molar-refractivity contribution in [2.24, 2.45) is 15.8 Å². The average Bonchev–Trinajstić information content (AvgIpc) is 3.23. The van der Waals surface area contributed by atoms with E-state index in [1.807, 2.05) is 13.8 Å². The lowest BCUT2D eigenvalue weighted by Gasteiger charge is -2.37. The number of pyridine rings is 1. The Morgan fingerprint density at radius 1 is 1.10 bits per heavy atom. The summed E-state index contributed by atoms with van der Waals surface area (Å²) in [5.74, 6) is -0.503. The van der Waals surface area contributed by atoms with Gasteiger partial charge in [-0.2, -0.15) is 18.3 Å². The van der Waals surface area contributed by atoms with Gasteiger partial charge in [0.25, 0.3) is 0 Å². The van der Waals surface area contributed by atoms with Crippen LogP contribution < -0.4 is 16.4 Å². The van der Waals surface area contributed by atoms with E-state index >= 15 is 0 Å². The van der Waals surface area contributed by atoms with Crippen LogP contribution in [0.5, 0.6) is 0 Å². The first kappa shape index (κ1) is 29.2. The van der Waals surface area contributed by atoms with E-state index in [1.54, 1.807) is 29.3 Å². The molecule has 1 fully saturated rings. The maximum Gasteiger partial charge on any atom is 0.416 e. The zero-order valence-electron chi connectivity index (χ0n) is 23.2. The van der Waals surface area contributed by atoms with Gasteiger partial charge in [-0.25, -0.2) is 14.8 Å². The summed E-state index contributed by atoms with van der Waals surface area (Å²) in [5.41, 5.74) is 7.91. The minimum atomic E-state index is -4.56. The molecule has 0 saturated carbocycles. The predicted molar refractivity (Wildman–Crippen MR) is 151 cm³/mol. The van der Waals surface area contributed by atoms with E-state index in [-0.39, 0.29) is 23.8 Å². The van der Waals surface area contributed by atoms with E-state index in [2.05, 4.69) is 30.6 Å². The van der Waals surface area contributed by atoms with Crippen molar-refractivity contribution in [2.75, 3.05) is 30.3 Å². The van der Waals surface area contributed by atoms with Crippen molar-refractivity contribution in [3.05, 3.63) is 65.0 Å². The number of morpholine rings is 1. The Balaban J connectivity index is 1.37. The van der Waals surface area contributed by atoms with Crippen LogP contribution in [0.25, 0.3) is 0 Å². The largest absolute Gasteiger partial charge is 0.416 e. The standard InChI is InChI=1S/C28H31F3N8O3/c1-15-11-38(12-16(2)42-15)13-21-23(17(3)40)24(25-26(32)34-14-35-39(21)25)18-4-6-20(7-5-18)36-27(41)37-22-10-19(8-9-33-22)28(29,30)31/h4-10,14-16,24-25H,11-13H2,1-3H3,(H2,32,34,35)(H2,33,36,37,41). The molecule has 0 aliphatic carbocycles. The summed E-state index contributed by atoms with van der Waals surface area (Å²) in [6, 6.07) is 7.10. The number of ketones is 1. The van der Waals surface area contributed by atoms with Gasteiger partial charge < -0.3 is 15.8 Å². The van der Waals surface area contributed by atoms with Gasteiger partial charge in [0.2, 0.25) is 0 Å². The molecule has 0 spiro atoms. The number of benzene rings is 1. The van der Waals surface area contributed by atoms with Gasteiger partial charge >= 0.3 is 12.2 Å². The lowest BCUT2D eigenvalue weighted by atomic mass is 9.84. The van der Waals surface area contributed by atoms with Gasteiger partial charge in [-0.05, 0) is 50.6 Å². The number of alkyl halides is 3. The average molecular weight is 585 g/mol. The van der Waals surface area contributed by atoms with Crippen LogP contribution in [0, 0.1) is 0 Å². The molecule has 4 unspecified atom stereocenters. The second-order valence-electron chi connectivity index (χ2n) is 10.5. The van der Waals surface area contributed by atoms with Crippen LogP contribution in [0.2, 0.25) is 0 Å². The van der Waals surface area contributed by atoms with Crippen LogP contribution >= 0.6 is 0 Å². The van der Waals surface area contributed by atoms with Crippen molar-refractivity contribution in [1.29, 1.82) is 0 Å². The quantitative estimate of drug-likeness (QED) is 0.470. The van der Waals surface area contributed by atoms with Crippen LogP contribution in [-0.4, -0.2) is 76.8 Å². The number of Topliss-reactive ketones (excluding diaryl/α,β-unsaturated/α-hetero) is 1. The number of hydrogen-bond acceptors (Lipinski definition) is 9. The molecule has 1 aromatic heterocycles. The number of nitrogens with two attached hydrogens (primary N) is 1. The van der Waals surface area contributed by atoms with Crippen molar-refractivity contribution >= 4 is 35.5 Å². The molecule has 2 aromatic rings. The number of halogens is 3. The molecule has 4 N–H and O–H groups in total. The van der Waals surface area contributed by atoms with Crippen LogP contribution in [-0.2, 0) is 15.7 Å². The molecule has 3 aliphatic rings. The van der Waals surface area contributed by atoms with Gasteiger partial charge in [0.15, 0.2) is 5.78 Å². The zero-order chi connectivity index (χ0) is 30.2. The second-order valence-corrected chi connectivity index (χ2v) is 10.5. The number of carbonyl (C=O) groups is 2. The van der Waals surface area contributed by atoms with Crippen LogP contribution in [0.3, 0.4) is 0 Å². The third kappa shape index (κ3) is 6.14. The van der Waals surface area contributed by atoms with Crippen molar-refractivity contribution in [3.63, 3.8) is 0 Å². The monoisotopic (exact) mass is 584 g/mol. The Bertz CT molecular complexity index is 1450. The van der Waals surface area contributed by atoms with Crippen LogP contribution in [0.4, 0.5) is 29.5 Å². The first-order chi connectivity index (χ1) is 19.9. The molecule has 0 bridgehead atoms. The Kier molecular flexibility index (Phi) is 8.01. The van der Waals surface area contributed by atoms with Crippen molar-refractivity contribution in [3.8, 4) is 0 Å². The number of aliphatic imine (C=N–C) groups is 1. The highest BCUT2D eigenvalue weighted by atomic mass is 19.4. The zero-order valence-corrected chi connectivity index (χ0v) is 23.2. The number of fused-ring (bicyclic) bond motifs is 1. The number of hydrogen-bond donors (Lipinski definition) is 3. The fourth-order valence-corrected chi connectivity index (χ4v) is 5.71. The Labute approximate surface area is 240 Å².